The summed E-state index contributed by atoms with van der Waals surface area (Å²) in [5.74, 6) is 5.97. The van der Waals surface area contributed by atoms with Gasteiger partial charge in [0.2, 0.25) is 0 Å². The van der Waals surface area contributed by atoms with E-state index in [1.54, 1.807) is 0 Å². The Labute approximate surface area is 123 Å². The number of nitrogens with two attached hydrogens (primary N) is 1. The molecule has 1 heterocycles. The third kappa shape index (κ3) is 4.77. The molecule has 0 spiro atoms. The number of halogens is 3. The van der Waals surface area contributed by atoms with Gasteiger partial charge < -0.3 is 10.3 Å². The Kier molecular flexibility index (Phi) is 6.26. The van der Waals surface area contributed by atoms with Crippen molar-refractivity contribution in [3.63, 3.8) is 0 Å². The Hall–Kier alpha value is -1.50. The molecular formula is C14H23F3N4. The van der Waals surface area contributed by atoms with E-state index in [9.17, 15) is 13.2 Å². The highest BCUT2D eigenvalue weighted by atomic mass is 19.4. The van der Waals surface area contributed by atoms with Crippen LogP contribution >= 0.6 is 0 Å². The van der Waals surface area contributed by atoms with E-state index in [-0.39, 0.29) is 5.82 Å². The summed E-state index contributed by atoms with van der Waals surface area (Å²) >= 11 is 0. The Bertz CT molecular complexity index is 444. The van der Waals surface area contributed by atoms with E-state index in [4.69, 9.17) is 5.84 Å². The number of nitrogens with zero attached hydrogens (tertiary/aromatic N) is 2. The standard InChI is InChI=1S/C14H23F3N4/c1-4-10(5-2)9-21(6-3)13-8-11(14(15,16)17)7-12(19-13)20-18/h7-8,10H,4-6,9,18H2,1-3H3,(H,19,20). The molecule has 1 rings (SSSR count). The fourth-order valence-corrected chi connectivity index (χ4v) is 2.16. The van der Waals surface area contributed by atoms with Crippen LogP contribution < -0.4 is 16.2 Å². The van der Waals surface area contributed by atoms with Crippen LogP contribution in [-0.2, 0) is 6.18 Å². The lowest BCUT2D eigenvalue weighted by atomic mass is 10.0. The van der Waals surface area contributed by atoms with E-state index >= 15 is 0 Å². The minimum atomic E-state index is -4.42. The molecule has 7 heteroatoms. The zero-order valence-electron chi connectivity index (χ0n) is 12.7. The van der Waals surface area contributed by atoms with E-state index in [0.717, 1.165) is 25.0 Å². The summed E-state index contributed by atoms with van der Waals surface area (Å²) < 4.78 is 38.8. The van der Waals surface area contributed by atoms with Crippen molar-refractivity contribution in [2.24, 2.45) is 11.8 Å². The largest absolute Gasteiger partial charge is 0.416 e. The molecule has 21 heavy (non-hydrogen) atoms. The number of nitrogens with one attached hydrogen (secondary N) is 1. The lowest BCUT2D eigenvalue weighted by molar-refractivity contribution is -0.137. The van der Waals surface area contributed by atoms with Crippen LogP contribution in [-0.4, -0.2) is 18.1 Å². The van der Waals surface area contributed by atoms with Gasteiger partial charge in [-0.05, 0) is 25.0 Å². The molecule has 0 aromatic carbocycles. The fraction of sp³-hybridized carbons (Fsp3) is 0.643. The van der Waals surface area contributed by atoms with Crippen molar-refractivity contribution in [1.29, 1.82) is 0 Å². The number of aromatic nitrogens is 1. The average Bonchev–Trinajstić information content (AvgIpc) is 2.47. The second-order valence-corrected chi connectivity index (χ2v) is 4.96. The zero-order chi connectivity index (χ0) is 16.0. The maximum atomic E-state index is 12.9. The predicted octanol–water partition coefficient (Wildman–Crippen LogP) is 3.65. The zero-order valence-corrected chi connectivity index (χ0v) is 12.7. The van der Waals surface area contributed by atoms with Crippen molar-refractivity contribution in [3.8, 4) is 0 Å². The lowest BCUT2D eigenvalue weighted by Gasteiger charge is -2.27. The number of nitrogen functional groups attached to an aromatic ring is 1. The van der Waals surface area contributed by atoms with E-state index in [1.807, 2.05) is 11.8 Å². The van der Waals surface area contributed by atoms with E-state index in [0.29, 0.717) is 24.8 Å². The second kappa shape index (κ2) is 7.49. The Balaban J connectivity index is 3.13. The molecule has 0 atom stereocenters. The monoisotopic (exact) mass is 304 g/mol. The normalized spacial score (nSPS) is 11.8. The predicted molar refractivity (Wildman–Crippen MR) is 79.0 cm³/mol. The maximum Gasteiger partial charge on any atom is 0.416 e. The minimum Gasteiger partial charge on any atom is -0.357 e. The summed E-state index contributed by atoms with van der Waals surface area (Å²) in [6.45, 7) is 7.33. The average molecular weight is 304 g/mol. The smallest absolute Gasteiger partial charge is 0.357 e. The van der Waals surface area contributed by atoms with Crippen molar-refractivity contribution in [1.82, 2.24) is 4.98 Å². The van der Waals surface area contributed by atoms with Crippen LogP contribution in [0.3, 0.4) is 0 Å². The number of hydrogen-bond acceptors (Lipinski definition) is 4. The number of anilines is 2. The molecule has 0 saturated carbocycles. The molecule has 120 valence electrons. The van der Waals surface area contributed by atoms with Gasteiger partial charge in [-0.2, -0.15) is 13.2 Å². The number of hydrogen-bond donors (Lipinski definition) is 2. The first-order chi connectivity index (χ1) is 9.85. The quantitative estimate of drug-likeness (QED) is 0.596. The van der Waals surface area contributed by atoms with Crippen molar-refractivity contribution in [2.45, 2.75) is 39.8 Å². The maximum absolute atomic E-state index is 12.9. The van der Waals surface area contributed by atoms with E-state index in [2.05, 4.69) is 24.3 Å². The van der Waals surface area contributed by atoms with Gasteiger partial charge >= 0.3 is 6.18 Å². The second-order valence-electron chi connectivity index (χ2n) is 4.96. The fourth-order valence-electron chi connectivity index (χ4n) is 2.16. The van der Waals surface area contributed by atoms with Gasteiger partial charge in [0.05, 0.1) is 5.56 Å². The summed E-state index contributed by atoms with van der Waals surface area (Å²) in [7, 11) is 0. The molecule has 0 aliphatic carbocycles. The van der Waals surface area contributed by atoms with Gasteiger partial charge in [-0.3, -0.25) is 0 Å². The van der Waals surface area contributed by atoms with E-state index < -0.39 is 11.7 Å². The van der Waals surface area contributed by atoms with E-state index in [1.165, 1.54) is 0 Å². The molecule has 3 N–H and O–H groups in total. The molecule has 0 unspecified atom stereocenters. The molecule has 1 aromatic rings. The first-order valence-electron chi connectivity index (χ1n) is 7.16. The van der Waals surface area contributed by atoms with Crippen molar-refractivity contribution >= 4 is 11.6 Å². The lowest BCUT2D eigenvalue weighted by Crippen LogP contribution is -2.30. The summed E-state index contributed by atoms with van der Waals surface area (Å²) in [6.07, 6.45) is -2.46. The van der Waals surface area contributed by atoms with Crippen LogP contribution in [0, 0.1) is 5.92 Å². The van der Waals surface area contributed by atoms with Gasteiger partial charge in [-0.15, -0.1) is 0 Å². The summed E-state index contributed by atoms with van der Waals surface area (Å²) in [6, 6.07) is 1.99. The summed E-state index contributed by atoms with van der Waals surface area (Å²) in [4.78, 5) is 6.00. The SMILES string of the molecule is CCC(CC)CN(CC)c1cc(C(F)(F)F)cc(NN)n1. The first-order valence-corrected chi connectivity index (χ1v) is 7.16. The Morgan fingerprint density at radius 2 is 1.86 bits per heavy atom. The topological polar surface area (TPSA) is 54.2 Å². The third-order valence-corrected chi connectivity index (χ3v) is 3.63. The van der Waals surface area contributed by atoms with Gasteiger partial charge in [0.15, 0.2) is 0 Å². The molecule has 1 aromatic heterocycles. The number of rotatable bonds is 7. The highest BCUT2D eigenvalue weighted by Crippen LogP contribution is 2.33. The number of alkyl halides is 3. The van der Waals surface area contributed by atoms with Crippen LogP contribution in [0.4, 0.5) is 24.8 Å². The number of pyridine rings is 1. The van der Waals surface area contributed by atoms with Gasteiger partial charge in [0, 0.05) is 13.1 Å². The molecule has 4 nitrogen and oxygen atoms in total. The van der Waals surface area contributed by atoms with Gasteiger partial charge in [-0.25, -0.2) is 10.8 Å². The van der Waals surface area contributed by atoms with Crippen molar-refractivity contribution in [3.05, 3.63) is 17.7 Å². The van der Waals surface area contributed by atoms with Gasteiger partial charge in [0.25, 0.3) is 0 Å². The molecule has 0 saturated heterocycles. The molecular weight excluding hydrogens is 281 g/mol. The van der Waals surface area contributed by atoms with Crippen LogP contribution in [0.25, 0.3) is 0 Å². The molecule has 0 amide bonds. The number of hydrazine groups is 1. The first kappa shape index (κ1) is 17.6. The van der Waals surface area contributed by atoms with Crippen LogP contribution in [0.2, 0.25) is 0 Å². The van der Waals surface area contributed by atoms with Gasteiger partial charge in [-0.1, -0.05) is 26.7 Å². The molecule has 0 aliphatic rings. The molecule has 0 aliphatic heterocycles. The Morgan fingerprint density at radius 3 is 2.29 bits per heavy atom. The molecule has 0 bridgehead atoms. The highest BCUT2D eigenvalue weighted by molar-refractivity contribution is 5.50. The molecule has 0 fully saturated rings. The Morgan fingerprint density at radius 1 is 1.24 bits per heavy atom. The van der Waals surface area contributed by atoms with Crippen LogP contribution in [0.1, 0.15) is 39.2 Å². The third-order valence-electron chi connectivity index (χ3n) is 3.63. The van der Waals surface area contributed by atoms with Crippen molar-refractivity contribution in [2.75, 3.05) is 23.4 Å². The van der Waals surface area contributed by atoms with Crippen LogP contribution in [0.5, 0.6) is 0 Å². The van der Waals surface area contributed by atoms with Crippen LogP contribution in [0.15, 0.2) is 12.1 Å². The van der Waals surface area contributed by atoms with Gasteiger partial charge in [0.1, 0.15) is 11.6 Å². The molecule has 0 radical (unpaired) electrons. The van der Waals surface area contributed by atoms with Crippen molar-refractivity contribution < 1.29 is 13.2 Å². The highest BCUT2D eigenvalue weighted by Gasteiger charge is 2.32. The summed E-state index contributed by atoms with van der Waals surface area (Å²) in [5, 5.41) is 0. The summed E-state index contributed by atoms with van der Waals surface area (Å²) in [5.41, 5.74) is 1.46. The minimum absolute atomic E-state index is 0.0165.